The quantitative estimate of drug-likeness (QED) is 0.733. The first kappa shape index (κ1) is 22.5. The highest BCUT2D eigenvalue weighted by Gasteiger charge is 2.31. The minimum absolute atomic E-state index is 0.172. The fourth-order valence-electron chi connectivity index (χ4n) is 4.51. The van der Waals surface area contributed by atoms with Crippen molar-refractivity contribution in [2.45, 2.75) is 48.7 Å². The van der Waals surface area contributed by atoms with E-state index in [1.54, 1.807) is 29.2 Å². The SMILES string of the molecule is O=C(Nc1cccc(S(=O)(=O)C2CCCC2)c1)C1CCN(C(=O)c2ccc(F)cc2)CC1. The molecule has 1 heterocycles. The van der Waals surface area contributed by atoms with Gasteiger partial charge in [-0.2, -0.15) is 0 Å². The lowest BCUT2D eigenvalue weighted by Gasteiger charge is -2.31. The van der Waals surface area contributed by atoms with Crippen molar-refractivity contribution < 1.29 is 22.4 Å². The van der Waals surface area contributed by atoms with Crippen LogP contribution in [-0.2, 0) is 14.6 Å². The maximum atomic E-state index is 13.1. The van der Waals surface area contributed by atoms with Crippen LogP contribution in [0.1, 0.15) is 48.9 Å². The summed E-state index contributed by atoms with van der Waals surface area (Å²) in [6.07, 6.45) is 4.27. The molecule has 0 aromatic heterocycles. The summed E-state index contributed by atoms with van der Waals surface area (Å²) in [5.74, 6) is -0.998. The van der Waals surface area contributed by atoms with E-state index >= 15 is 0 Å². The van der Waals surface area contributed by atoms with Gasteiger partial charge in [0.1, 0.15) is 5.82 Å². The van der Waals surface area contributed by atoms with Gasteiger partial charge in [-0.3, -0.25) is 9.59 Å². The summed E-state index contributed by atoms with van der Waals surface area (Å²) in [4.78, 5) is 27.3. The Labute approximate surface area is 187 Å². The summed E-state index contributed by atoms with van der Waals surface area (Å²) in [5.41, 5.74) is 0.897. The molecular weight excluding hydrogens is 431 g/mol. The number of anilines is 1. The first-order chi connectivity index (χ1) is 15.3. The van der Waals surface area contributed by atoms with Crippen molar-refractivity contribution in [3.8, 4) is 0 Å². The van der Waals surface area contributed by atoms with Crippen LogP contribution < -0.4 is 5.32 Å². The van der Waals surface area contributed by atoms with Crippen LogP contribution in [0.25, 0.3) is 0 Å². The minimum atomic E-state index is -3.39. The monoisotopic (exact) mass is 458 g/mol. The Bertz CT molecular complexity index is 1090. The Morgan fingerprint density at radius 1 is 0.938 bits per heavy atom. The van der Waals surface area contributed by atoms with Crippen molar-refractivity contribution in [3.63, 3.8) is 0 Å². The van der Waals surface area contributed by atoms with Crippen LogP contribution in [0.4, 0.5) is 10.1 Å². The van der Waals surface area contributed by atoms with Gasteiger partial charge in [0.25, 0.3) is 5.91 Å². The summed E-state index contributed by atoms with van der Waals surface area (Å²) in [7, 11) is -3.39. The molecule has 1 saturated carbocycles. The highest BCUT2D eigenvalue weighted by atomic mass is 32.2. The van der Waals surface area contributed by atoms with E-state index in [9.17, 15) is 22.4 Å². The number of sulfone groups is 1. The molecule has 0 unspecified atom stereocenters. The summed E-state index contributed by atoms with van der Waals surface area (Å²) < 4.78 is 38.8. The largest absolute Gasteiger partial charge is 0.339 e. The van der Waals surface area contributed by atoms with E-state index in [-0.39, 0.29) is 27.9 Å². The van der Waals surface area contributed by atoms with Crippen LogP contribution in [0.15, 0.2) is 53.4 Å². The fourth-order valence-corrected chi connectivity index (χ4v) is 6.40. The van der Waals surface area contributed by atoms with Gasteiger partial charge in [0.15, 0.2) is 9.84 Å². The highest BCUT2D eigenvalue weighted by Crippen LogP contribution is 2.31. The molecule has 1 N–H and O–H groups in total. The molecule has 32 heavy (non-hydrogen) atoms. The Kier molecular flexibility index (Phi) is 6.60. The molecule has 0 radical (unpaired) electrons. The van der Waals surface area contributed by atoms with E-state index < -0.39 is 15.7 Å². The number of carbonyl (C=O) groups is 2. The number of hydrogen-bond donors (Lipinski definition) is 1. The molecule has 170 valence electrons. The number of hydrogen-bond acceptors (Lipinski definition) is 4. The lowest BCUT2D eigenvalue weighted by molar-refractivity contribution is -0.121. The van der Waals surface area contributed by atoms with Gasteiger partial charge in [-0.15, -0.1) is 0 Å². The molecule has 1 aliphatic heterocycles. The van der Waals surface area contributed by atoms with Crippen LogP contribution >= 0.6 is 0 Å². The predicted octanol–water partition coefficient (Wildman–Crippen LogP) is 4.03. The van der Waals surface area contributed by atoms with Crippen molar-refractivity contribution in [1.82, 2.24) is 4.90 Å². The third-order valence-electron chi connectivity index (χ3n) is 6.42. The molecule has 4 rings (SSSR count). The molecule has 6 nitrogen and oxygen atoms in total. The molecule has 2 aliphatic rings. The van der Waals surface area contributed by atoms with E-state index in [1.807, 2.05) is 0 Å². The average molecular weight is 459 g/mol. The van der Waals surface area contributed by atoms with Gasteiger partial charge in [0, 0.05) is 30.3 Å². The molecule has 2 amide bonds. The number of nitrogens with zero attached hydrogens (tertiary/aromatic N) is 1. The van der Waals surface area contributed by atoms with E-state index in [1.165, 1.54) is 24.3 Å². The Morgan fingerprint density at radius 2 is 1.59 bits per heavy atom. The van der Waals surface area contributed by atoms with Crippen molar-refractivity contribution in [3.05, 3.63) is 59.9 Å². The van der Waals surface area contributed by atoms with E-state index in [0.717, 1.165) is 12.8 Å². The zero-order valence-electron chi connectivity index (χ0n) is 17.8. The average Bonchev–Trinajstić information content (AvgIpc) is 3.35. The Balaban J connectivity index is 1.35. The smallest absolute Gasteiger partial charge is 0.253 e. The third kappa shape index (κ3) is 4.85. The zero-order chi connectivity index (χ0) is 22.7. The molecule has 8 heteroatoms. The maximum Gasteiger partial charge on any atom is 0.253 e. The second kappa shape index (κ2) is 9.40. The Hall–Kier alpha value is -2.74. The van der Waals surface area contributed by atoms with Crippen LogP contribution in [0, 0.1) is 11.7 Å². The maximum absolute atomic E-state index is 13.1. The summed E-state index contributed by atoms with van der Waals surface area (Å²) in [6.45, 7) is 0.870. The third-order valence-corrected chi connectivity index (χ3v) is 8.68. The predicted molar refractivity (Wildman–Crippen MR) is 120 cm³/mol. The first-order valence-electron chi connectivity index (χ1n) is 11.0. The minimum Gasteiger partial charge on any atom is -0.339 e. The van der Waals surface area contributed by atoms with Gasteiger partial charge >= 0.3 is 0 Å². The number of halogens is 1. The number of nitrogens with one attached hydrogen (secondary N) is 1. The van der Waals surface area contributed by atoms with Gasteiger partial charge < -0.3 is 10.2 Å². The molecule has 0 atom stereocenters. The van der Waals surface area contributed by atoms with Crippen molar-refractivity contribution in [2.24, 2.45) is 5.92 Å². The fraction of sp³-hybridized carbons (Fsp3) is 0.417. The summed E-state index contributed by atoms with van der Waals surface area (Å²) >= 11 is 0. The highest BCUT2D eigenvalue weighted by molar-refractivity contribution is 7.92. The number of likely N-dealkylation sites (tertiary alicyclic amines) is 1. The van der Waals surface area contributed by atoms with Gasteiger partial charge in [0.2, 0.25) is 5.91 Å². The van der Waals surface area contributed by atoms with Gasteiger partial charge in [-0.05, 0) is 68.1 Å². The normalized spacial score (nSPS) is 18.0. The first-order valence-corrected chi connectivity index (χ1v) is 12.6. The molecule has 1 aliphatic carbocycles. The van der Waals surface area contributed by atoms with Crippen LogP contribution in [0.3, 0.4) is 0 Å². The number of piperidine rings is 1. The lowest BCUT2D eigenvalue weighted by atomic mass is 9.95. The summed E-state index contributed by atoms with van der Waals surface area (Å²) in [6, 6.07) is 11.9. The van der Waals surface area contributed by atoms with Crippen molar-refractivity contribution >= 4 is 27.3 Å². The molecular formula is C24H27FN2O4S. The van der Waals surface area contributed by atoms with Gasteiger partial charge in [0.05, 0.1) is 10.1 Å². The number of rotatable bonds is 5. The van der Waals surface area contributed by atoms with E-state index in [0.29, 0.717) is 50.0 Å². The molecule has 0 spiro atoms. The van der Waals surface area contributed by atoms with Crippen LogP contribution in [0.2, 0.25) is 0 Å². The molecule has 2 fully saturated rings. The van der Waals surface area contributed by atoms with Gasteiger partial charge in [-0.1, -0.05) is 18.9 Å². The van der Waals surface area contributed by atoms with Crippen LogP contribution in [-0.4, -0.2) is 43.5 Å². The second-order valence-electron chi connectivity index (χ2n) is 8.54. The molecule has 0 bridgehead atoms. The number of benzene rings is 2. The molecule has 2 aromatic rings. The number of carbonyl (C=O) groups excluding carboxylic acids is 2. The number of amides is 2. The van der Waals surface area contributed by atoms with Crippen molar-refractivity contribution in [1.29, 1.82) is 0 Å². The second-order valence-corrected chi connectivity index (χ2v) is 10.8. The van der Waals surface area contributed by atoms with E-state index in [4.69, 9.17) is 0 Å². The molecule has 1 saturated heterocycles. The topological polar surface area (TPSA) is 83.6 Å². The zero-order valence-corrected chi connectivity index (χ0v) is 18.6. The van der Waals surface area contributed by atoms with Crippen molar-refractivity contribution in [2.75, 3.05) is 18.4 Å². The van der Waals surface area contributed by atoms with Gasteiger partial charge in [-0.25, -0.2) is 12.8 Å². The molecule has 2 aromatic carbocycles. The summed E-state index contributed by atoms with van der Waals surface area (Å²) in [5, 5.41) is 2.51. The Morgan fingerprint density at radius 3 is 2.25 bits per heavy atom. The van der Waals surface area contributed by atoms with Crippen LogP contribution in [0.5, 0.6) is 0 Å². The lowest BCUT2D eigenvalue weighted by Crippen LogP contribution is -2.41. The van der Waals surface area contributed by atoms with E-state index in [2.05, 4.69) is 5.32 Å². The standard InChI is InChI=1S/C24H27FN2O4S/c25-19-10-8-18(9-11-19)24(29)27-14-12-17(13-15-27)23(28)26-20-4-3-7-22(16-20)32(30,31)21-5-1-2-6-21/h3-4,7-11,16-17,21H,1-2,5-6,12-15H2,(H,26,28).